The van der Waals surface area contributed by atoms with Crippen LogP contribution in [0.3, 0.4) is 0 Å². The minimum Gasteiger partial charge on any atom is -0.356 e. The second-order valence-electron chi connectivity index (χ2n) is 2.78. The van der Waals surface area contributed by atoms with Crippen molar-refractivity contribution in [3.8, 4) is 0 Å². The summed E-state index contributed by atoms with van der Waals surface area (Å²) in [4.78, 5) is 3.24. The molecular formula is C8H11NS. The van der Waals surface area contributed by atoms with Crippen molar-refractivity contribution in [1.29, 1.82) is 0 Å². The summed E-state index contributed by atoms with van der Waals surface area (Å²) in [6.07, 6.45) is 7.03. The Kier molecular flexibility index (Phi) is 1.49. The highest BCUT2D eigenvalue weighted by atomic mass is 32.2. The highest BCUT2D eigenvalue weighted by Gasteiger charge is 2.24. The van der Waals surface area contributed by atoms with Crippen LogP contribution < -0.4 is 0 Å². The van der Waals surface area contributed by atoms with Gasteiger partial charge in [-0.1, -0.05) is 0 Å². The van der Waals surface area contributed by atoms with Crippen molar-refractivity contribution < 1.29 is 0 Å². The topological polar surface area (TPSA) is 15.8 Å². The van der Waals surface area contributed by atoms with Gasteiger partial charge in [-0.25, -0.2) is 0 Å². The molecule has 0 radical (unpaired) electrons. The number of nitrogens with one attached hydrogen (secondary N) is 1. The molecule has 0 aliphatic heterocycles. The highest BCUT2D eigenvalue weighted by molar-refractivity contribution is 7.98. The molecule has 1 aliphatic carbocycles. The Hall–Kier alpha value is -0.370. The first-order valence-corrected chi connectivity index (χ1v) is 4.85. The van der Waals surface area contributed by atoms with Crippen LogP contribution in [0.15, 0.2) is 17.3 Å². The first-order chi connectivity index (χ1) is 4.90. The lowest BCUT2D eigenvalue weighted by atomic mass is 10.2. The van der Waals surface area contributed by atoms with Gasteiger partial charge in [-0.15, -0.1) is 11.8 Å². The predicted molar refractivity (Wildman–Crippen MR) is 44.5 cm³/mol. The fraction of sp³-hybridized carbons (Fsp3) is 0.500. The van der Waals surface area contributed by atoms with Crippen molar-refractivity contribution in [2.24, 2.45) is 0 Å². The van der Waals surface area contributed by atoms with Gasteiger partial charge in [-0.3, -0.25) is 0 Å². The lowest BCUT2D eigenvalue weighted by molar-refractivity contribution is 1.13. The third-order valence-corrected chi connectivity index (χ3v) is 2.62. The zero-order chi connectivity index (χ0) is 6.97. The fourth-order valence-corrected chi connectivity index (χ4v) is 1.59. The smallest absolute Gasteiger partial charge is 0.0721 e. The van der Waals surface area contributed by atoms with E-state index in [1.165, 1.54) is 23.4 Å². The zero-order valence-electron chi connectivity index (χ0n) is 6.05. The Morgan fingerprint density at radius 3 is 2.90 bits per heavy atom. The molecule has 2 rings (SSSR count). The van der Waals surface area contributed by atoms with Crippen LogP contribution in [0.4, 0.5) is 0 Å². The van der Waals surface area contributed by atoms with Gasteiger partial charge in [-0.2, -0.15) is 0 Å². The molecule has 1 N–H and O–H groups in total. The quantitative estimate of drug-likeness (QED) is 0.646. The van der Waals surface area contributed by atoms with E-state index >= 15 is 0 Å². The molecule has 1 nitrogen and oxygen atoms in total. The molecule has 1 saturated carbocycles. The Morgan fingerprint density at radius 2 is 2.40 bits per heavy atom. The molecule has 0 bridgehead atoms. The molecule has 1 fully saturated rings. The average molecular weight is 153 g/mol. The van der Waals surface area contributed by atoms with Crippen LogP contribution in [-0.2, 0) is 0 Å². The van der Waals surface area contributed by atoms with E-state index < -0.39 is 0 Å². The molecular weight excluding hydrogens is 142 g/mol. The standard InChI is InChI=1S/C8H11NS/c1-10-8-4-7(5-9-8)6-2-3-6/h4-6,9H,2-3H2,1H3. The van der Waals surface area contributed by atoms with Crippen molar-refractivity contribution >= 4 is 11.8 Å². The van der Waals surface area contributed by atoms with E-state index in [1.54, 1.807) is 11.8 Å². The summed E-state index contributed by atoms with van der Waals surface area (Å²) in [7, 11) is 0. The number of hydrogen-bond donors (Lipinski definition) is 1. The van der Waals surface area contributed by atoms with Gasteiger partial charge in [-0.05, 0) is 36.6 Å². The van der Waals surface area contributed by atoms with Crippen LogP contribution >= 0.6 is 11.8 Å². The van der Waals surface area contributed by atoms with E-state index in [9.17, 15) is 0 Å². The van der Waals surface area contributed by atoms with Gasteiger partial charge in [0.25, 0.3) is 0 Å². The minimum atomic E-state index is 0.886. The van der Waals surface area contributed by atoms with Gasteiger partial charge in [0.2, 0.25) is 0 Å². The molecule has 1 aromatic rings. The first-order valence-electron chi connectivity index (χ1n) is 3.62. The van der Waals surface area contributed by atoms with Gasteiger partial charge in [0.1, 0.15) is 0 Å². The summed E-state index contributed by atoms with van der Waals surface area (Å²) in [6, 6.07) is 2.27. The lowest BCUT2D eigenvalue weighted by Gasteiger charge is -1.85. The van der Waals surface area contributed by atoms with Crippen LogP contribution in [0.1, 0.15) is 24.3 Å². The summed E-state index contributed by atoms with van der Waals surface area (Å²) < 4.78 is 0. The zero-order valence-corrected chi connectivity index (χ0v) is 6.87. The Labute approximate surface area is 65.2 Å². The van der Waals surface area contributed by atoms with E-state index in [4.69, 9.17) is 0 Å². The van der Waals surface area contributed by atoms with Crippen LogP contribution in [-0.4, -0.2) is 11.2 Å². The molecule has 0 unspecified atom stereocenters. The number of aromatic nitrogens is 1. The molecule has 0 saturated heterocycles. The van der Waals surface area contributed by atoms with E-state index in [-0.39, 0.29) is 0 Å². The maximum Gasteiger partial charge on any atom is 0.0721 e. The van der Waals surface area contributed by atoms with Crippen molar-refractivity contribution in [2.45, 2.75) is 23.8 Å². The van der Waals surface area contributed by atoms with Gasteiger partial charge >= 0.3 is 0 Å². The van der Waals surface area contributed by atoms with Crippen molar-refractivity contribution in [3.63, 3.8) is 0 Å². The lowest BCUT2D eigenvalue weighted by Crippen LogP contribution is -1.67. The maximum atomic E-state index is 3.24. The average Bonchev–Trinajstić information content (AvgIpc) is 2.70. The number of rotatable bonds is 2. The third kappa shape index (κ3) is 1.08. The van der Waals surface area contributed by atoms with Gasteiger partial charge in [0, 0.05) is 6.20 Å². The van der Waals surface area contributed by atoms with E-state index in [2.05, 4.69) is 23.5 Å². The van der Waals surface area contributed by atoms with E-state index in [1.807, 2.05) is 0 Å². The number of H-pyrrole nitrogens is 1. The van der Waals surface area contributed by atoms with Gasteiger partial charge in [0.05, 0.1) is 5.03 Å². The second kappa shape index (κ2) is 2.35. The van der Waals surface area contributed by atoms with Crippen LogP contribution in [0, 0.1) is 0 Å². The summed E-state index contributed by atoms with van der Waals surface area (Å²) in [5.74, 6) is 0.886. The monoisotopic (exact) mass is 153 g/mol. The Balaban J connectivity index is 2.19. The van der Waals surface area contributed by atoms with E-state index in [0.29, 0.717) is 0 Å². The number of aromatic amines is 1. The molecule has 0 atom stereocenters. The minimum absolute atomic E-state index is 0.886. The maximum absolute atomic E-state index is 3.24. The number of thioether (sulfide) groups is 1. The van der Waals surface area contributed by atoms with Crippen LogP contribution in [0.2, 0.25) is 0 Å². The summed E-state index contributed by atoms with van der Waals surface area (Å²) in [5, 5.41) is 1.29. The van der Waals surface area contributed by atoms with Crippen LogP contribution in [0.5, 0.6) is 0 Å². The second-order valence-corrected chi connectivity index (χ2v) is 3.62. The fourth-order valence-electron chi connectivity index (χ4n) is 1.16. The third-order valence-electron chi connectivity index (χ3n) is 1.95. The van der Waals surface area contributed by atoms with E-state index in [0.717, 1.165) is 5.92 Å². The first kappa shape index (κ1) is 6.35. The number of hydrogen-bond acceptors (Lipinski definition) is 1. The predicted octanol–water partition coefficient (Wildman–Crippen LogP) is 2.61. The molecule has 1 aromatic heterocycles. The largest absolute Gasteiger partial charge is 0.356 e. The molecule has 0 amide bonds. The highest BCUT2D eigenvalue weighted by Crippen LogP contribution is 2.40. The molecule has 10 heavy (non-hydrogen) atoms. The molecule has 0 spiro atoms. The molecule has 54 valence electrons. The molecule has 1 aliphatic rings. The van der Waals surface area contributed by atoms with Crippen molar-refractivity contribution in [1.82, 2.24) is 4.98 Å². The SMILES string of the molecule is CSc1cc(C2CC2)c[nH]1. The molecule has 1 heterocycles. The van der Waals surface area contributed by atoms with Gasteiger partial charge < -0.3 is 4.98 Å². The summed E-state index contributed by atoms with van der Waals surface area (Å²) in [5.41, 5.74) is 1.50. The van der Waals surface area contributed by atoms with Crippen molar-refractivity contribution in [3.05, 3.63) is 17.8 Å². The Bertz CT molecular complexity index is 225. The van der Waals surface area contributed by atoms with Crippen LogP contribution in [0.25, 0.3) is 0 Å². The molecule has 2 heteroatoms. The van der Waals surface area contributed by atoms with Gasteiger partial charge in [0.15, 0.2) is 0 Å². The summed E-state index contributed by atoms with van der Waals surface area (Å²) in [6.45, 7) is 0. The summed E-state index contributed by atoms with van der Waals surface area (Å²) >= 11 is 1.78. The Morgan fingerprint density at radius 1 is 1.60 bits per heavy atom. The molecule has 0 aromatic carbocycles. The normalized spacial score (nSPS) is 17.7. The van der Waals surface area contributed by atoms with Crippen molar-refractivity contribution in [2.75, 3.05) is 6.26 Å².